The summed E-state index contributed by atoms with van der Waals surface area (Å²) in [6.07, 6.45) is -6.15. The van der Waals surface area contributed by atoms with Crippen molar-refractivity contribution in [3.8, 4) is 0 Å². The zero-order valence-corrected chi connectivity index (χ0v) is 13.9. The van der Waals surface area contributed by atoms with E-state index in [0.717, 1.165) is 5.56 Å². The molecular weight excluding hydrogens is 348 g/mol. The molecule has 2 saturated heterocycles. The minimum absolute atomic E-state index is 0.240. The third kappa shape index (κ3) is 3.29. The average Bonchev–Trinajstić information content (AvgIpc) is 2.91. The molecule has 0 aromatic carbocycles. The summed E-state index contributed by atoms with van der Waals surface area (Å²) in [5.74, 6) is -1.89. The Morgan fingerprint density at radius 2 is 2.04 bits per heavy atom. The van der Waals surface area contributed by atoms with Crippen LogP contribution >= 0.6 is 0 Å². The summed E-state index contributed by atoms with van der Waals surface area (Å²) < 4.78 is 10.5. The molecule has 10 heteroatoms. The lowest BCUT2D eigenvalue weighted by Crippen LogP contribution is -2.61. The van der Waals surface area contributed by atoms with Crippen molar-refractivity contribution in [1.29, 1.82) is 0 Å². The van der Waals surface area contributed by atoms with E-state index in [-0.39, 0.29) is 18.4 Å². The second kappa shape index (κ2) is 7.25. The third-order valence-electron chi connectivity index (χ3n) is 4.71. The van der Waals surface area contributed by atoms with Gasteiger partial charge < -0.3 is 34.8 Å². The number of ether oxygens (including phenoxy) is 2. The number of aromatic nitrogens is 1. The summed E-state index contributed by atoms with van der Waals surface area (Å²) >= 11 is 0. The van der Waals surface area contributed by atoms with Gasteiger partial charge in [-0.3, -0.25) is 9.78 Å². The van der Waals surface area contributed by atoms with E-state index in [2.05, 4.69) is 4.98 Å². The van der Waals surface area contributed by atoms with Crippen molar-refractivity contribution in [2.45, 2.75) is 49.3 Å². The van der Waals surface area contributed by atoms with Crippen LogP contribution in [0.15, 0.2) is 24.5 Å². The van der Waals surface area contributed by atoms with Crippen molar-refractivity contribution < 1.29 is 39.5 Å². The Morgan fingerprint density at radius 1 is 1.31 bits per heavy atom. The van der Waals surface area contributed by atoms with Crippen molar-refractivity contribution in [2.75, 3.05) is 7.05 Å². The van der Waals surface area contributed by atoms with Gasteiger partial charge in [0.05, 0.1) is 6.04 Å². The molecule has 2 aliphatic rings. The Hall–Kier alpha value is -2.11. The first-order valence-corrected chi connectivity index (χ1v) is 8.05. The number of carboxylic acids is 1. The smallest absolute Gasteiger partial charge is 0.335 e. The second-order valence-corrected chi connectivity index (χ2v) is 6.35. The highest BCUT2D eigenvalue weighted by molar-refractivity contribution is 5.83. The molecule has 1 aromatic heterocycles. The number of likely N-dealkylation sites (tertiary alicyclic amines) is 1. The molecule has 1 unspecified atom stereocenters. The Labute approximate surface area is 148 Å². The van der Waals surface area contributed by atoms with Gasteiger partial charge in [-0.15, -0.1) is 0 Å². The molecule has 2 fully saturated rings. The Balaban J connectivity index is 1.73. The minimum Gasteiger partial charge on any atom is -0.479 e. The quantitative estimate of drug-likeness (QED) is 0.486. The molecule has 26 heavy (non-hydrogen) atoms. The van der Waals surface area contributed by atoms with Crippen LogP contribution in [0.2, 0.25) is 0 Å². The number of carbonyl (C=O) groups excluding carboxylic acids is 1. The van der Waals surface area contributed by atoms with Gasteiger partial charge in [-0.1, -0.05) is 6.07 Å². The van der Waals surface area contributed by atoms with Crippen LogP contribution in [0.1, 0.15) is 18.0 Å². The van der Waals surface area contributed by atoms with Crippen molar-refractivity contribution in [3.05, 3.63) is 30.1 Å². The summed E-state index contributed by atoms with van der Waals surface area (Å²) in [5, 5.41) is 38.6. The highest BCUT2D eigenvalue weighted by atomic mass is 16.7. The SMILES string of the molecule is CN1C(=O)C(O[C@@H]2O[C@H](C(=O)O)[C@@H](O)[C@H](O)[C@H]2O)C[C@H]1c1cccnc1. The normalized spacial score (nSPS) is 37.8. The van der Waals surface area contributed by atoms with Gasteiger partial charge in [-0.25, -0.2) is 4.79 Å². The largest absolute Gasteiger partial charge is 0.479 e. The van der Waals surface area contributed by atoms with Gasteiger partial charge in [0, 0.05) is 25.9 Å². The van der Waals surface area contributed by atoms with E-state index >= 15 is 0 Å². The molecule has 0 bridgehead atoms. The standard InChI is InChI=1S/C16H20N2O8/c1-18-8(7-3-2-4-17-6-7)5-9(14(18)22)25-16-12(21)10(19)11(20)13(26-16)15(23)24/h2-4,6,8-13,16,19-21H,5H2,1H3,(H,23,24)/t8-,9?,10-,11-,12+,13-,16+/m0/s1. The van der Waals surface area contributed by atoms with Crippen LogP contribution in [-0.2, 0) is 19.1 Å². The van der Waals surface area contributed by atoms with Crippen molar-refractivity contribution in [1.82, 2.24) is 9.88 Å². The van der Waals surface area contributed by atoms with E-state index in [0.29, 0.717) is 0 Å². The molecule has 0 spiro atoms. The van der Waals surface area contributed by atoms with Crippen LogP contribution in [0, 0.1) is 0 Å². The van der Waals surface area contributed by atoms with E-state index in [1.807, 2.05) is 6.07 Å². The fourth-order valence-corrected chi connectivity index (χ4v) is 3.22. The zero-order chi connectivity index (χ0) is 19.0. The summed E-state index contributed by atoms with van der Waals surface area (Å²) in [4.78, 5) is 29.1. The van der Waals surface area contributed by atoms with Crippen molar-refractivity contribution >= 4 is 11.9 Å². The number of hydrogen-bond donors (Lipinski definition) is 4. The second-order valence-electron chi connectivity index (χ2n) is 6.35. The van der Waals surface area contributed by atoms with Gasteiger partial charge in [0.25, 0.3) is 5.91 Å². The maximum atomic E-state index is 12.4. The topological polar surface area (TPSA) is 150 Å². The van der Waals surface area contributed by atoms with Crippen molar-refractivity contribution in [3.63, 3.8) is 0 Å². The fraction of sp³-hybridized carbons (Fsp3) is 0.562. The maximum Gasteiger partial charge on any atom is 0.335 e. The van der Waals surface area contributed by atoms with Gasteiger partial charge in [0.15, 0.2) is 12.4 Å². The Bertz CT molecular complexity index is 671. The zero-order valence-electron chi connectivity index (χ0n) is 13.9. The third-order valence-corrected chi connectivity index (χ3v) is 4.71. The molecule has 4 N–H and O–H groups in total. The lowest BCUT2D eigenvalue weighted by atomic mass is 9.99. The summed E-state index contributed by atoms with van der Waals surface area (Å²) in [6.45, 7) is 0. The van der Waals surface area contributed by atoms with Gasteiger partial charge in [-0.05, 0) is 11.6 Å². The number of aliphatic hydroxyl groups is 3. The maximum absolute atomic E-state index is 12.4. The van der Waals surface area contributed by atoms with E-state index < -0.39 is 42.8 Å². The number of carbonyl (C=O) groups is 2. The number of hydrogen-bond acceptors (Lipinski definition) is 8. The van der Waals surface area contributed by atoms with Crippen molar-refractivity contribution in [2.24, 2.45) is 0 Å². The highest BCUT2D eigenvalue weighted by Crippen LogP contribution is 2.34. The number of pyridine rings is 1. The first kappa shape index (κ1) is 18.7. The number of likely N-dealkylation sites (N-methyl/N-ethyl adjacent to an activating group) is 1. The number of rotatable bonds is 4. The molecule has 1 amide bonds. The van der Waals surface area contributed by atoms with Crippen LogP contribution in [0.25, 0.3) is 0 Å². The molecule has 3 rings (SSSR count). The monoisotopic (exact) mass is 368 g/mol. The number of nitrogens with zero attached hydrogens (tertiary/aromatic N) is 2. The first-order chi connectivity index (χ1) is 12.3. The summed E-state index contributed by atoms with van der Waals surface area (Å²) in [5.41, 5.74) is 0.804. The minimum atomic E-state index is -1.81. The summed E-state index contributed by atoms with van der Waals surface area (Å²) in [7, 11) is 1.60. The van der Waals surface area contributed by atoms with Crippen LogP contribution in [-0.4, -0.2) is 86.0 Å². The van der Waals surface area contributed by atoms with Gasteiger partial charge in [-0.2, -0.15) is 0 Å². The molecular formula is C16H20N2O8. The van der Waals surface area contributed by atoms with Gasteiger partial charge in [0.1, 0.15) is 24.4 Å². The van der Waals surface area contributed by atoms with Crippen LogP contribution < -0.4 is 0 Å². The van der Waals surface area contributed by atoms with Crippen LogP contribution in [0.3, 0.4) is 0 Å². The predicted octanol–water partition coefficient (Wildman–Crippen LogP) is -1.74. The van der Waals surface area contributed by atoms with Gasteiger partial charge in [0.2, 0.25) is 0 Å². The highest BCUT2D eigenvalue weighted by Gasteiger charge is 2.50. The number of aliphatic carboxylic acids is 1. The van der Waals surface area contributed by atoms with E-state index in [1.165, 1.54) is 4.90 Å². The summed E-state index contributed by atoms with van der Waals surface area (Å²) in [6, 6.07) is 3.26. The number of aliphatic hydroxyl groups excluding tert-OH is 3. The van der Waals surface area contributed by atoms with E-state index in [4.69, 9.17) is 14.6 Å². The van der Waals surface area contributed by atoms with E-state index in [1.54, 1.807) is 25.5 Å². The molecule has 1 aromatic rings. The number of amides is 1. The van der Waals surface area contributed by atoms with Crippen LogP contribution in [0.5, 0.6) is 0 Å². The first-order valence-electron chi connectivity index (χ1n) is 8.05. The Kier molecular flexibility index (Phi) is 5.21. The molecule has 7 atom stereocenters. The lowest BCUT2D eigenvalue weighted by Gasteiger charge is -2.39. The fourth-order valence-electron chi connectivity index (χ4n) is 3.22. The lowest BCUT2D eigenvalue weighted by molar-refractivity contribution is -0.301. The molecule has 142 valence electrons. The van der Waals surface area contributed by atoms with Gasteiger partial charge >= 0.3 is 5.97 Å². The molecule has 0 radical (unpaired) electrons. The van der Waals surface area contributed by atoms with Crippen LogP contribution in [0.4, 0.5) is 0 Å². The molecule has 0 aliphatic carbocycles. The predicted molar refractivity (Wildman–Crippen MR) is 83.6 cm³/mol. The molecule has 2 aliphatic heterocycles. The Morgan fingerprint density at radius 3 is 2.65 bits per heavy atom. The molecule has 0 saturated carbocycles. The van der Waals surface area contributed by atoms with E-state index in [9.17, 15) is 24.9 Å². The average molecular weight is 368 g/mol. The number of carboxylic acid groups (broad SMARTS) is 1. The molecule has 3 heterocycles. The molecule has 10 nitrogen and oxygen atoms in total.